The molecule has 0 bridgehead atoms. The van der Waals surface area contributed by atoms with E-state index in [2.05, 4.69) is 46.5 Å². The van der Waals surface area contributed by atoms with Crippen LogP contribution in [0.25, 0.3) is 11.0 Å². The molecule has 0 aliphatic heterocycles. The lowest BCUT2D eigenvalue weighted by Gasteiger charge is -2.12. The maximum Gasteiger partial charge on any atom is 0.224 e. The zero-order chi connectivity index (χ0) is 24.9. The number of sulfone groups is 1. The van der Waals surface area contributed by atoms with Crippen molar-refractivity contribution in [2.75, 3.05) is 17.6 Å². The second kappa shape index (κ2) is 11.2. The number of carbonyl (C=O) groups excluding carboxylic acids is 1. The fraction of sp³-hybridized carbons (Fsp3) is 0.478. The fourth-order valence-electron chi connectivity index (χ4n) is 3.29. The Morgan fingerprint density at radius 3 is 2.44 bits per heavy atom. The standard InChI is InChI=1S/C23H32N6O3S2/c1-6-33-23-27-21(26-15(2)3)19-14-25-29(22(19)28-23)12-11-24-20(30)13-17-7-9-18(10-8-17)34(31,32)16(4)5/h7-10,14-16H,6,11-13H2,1-5H3,(H,24,30)(H,26,27,28). The van der Waals surface area contributed by atoms with Crippen LogP contribution in [0.5, 0.6) is 0 Å². The number of fused-ring (bicyclic) bond motifs is 1. The average Bonchev–Trinajstić information content (AvgIpc) is 3.17. The highest BCUT2D eigenvalue weighted by Crippen LogP contribution is 2.24. The van der Waals surface area contributed by atoms with E-state index in [1.54, 1.807) is 60.8 Å². The van der Waals surface area contributed by atoms with Gasteiger partial charge in [-0.1, -0.05) is 30.8 Å². The molecule has 2 N–H and O–H groups in total. The van der Waals surface area contributed by atoms with Crippen LogP contribution in [0.15, 0.2) is 40.5 Å². The minimum absolute atomic E-state index is 0.144. The van der Waals surface area contributed by atoms with Crippen LogP contribution in [0.4, 0.5) is 5.82 Å². The molecular formula is C23H32N6O3S2. The summed E-state index contributed by atoms with van der Waals surface area (Å²) in [6.45, 7) is 10.3. The summed E-state index contributed by atoms with van der Waals surface area (Å²) in [4.78, 5) is 21.9. The van der Waals surface area contributed by atoms with Crippen molar-refractivity contribution in [3.63, 3.8) is 0 Å². The maximum atomic E-state index is 12.4. The van der Waals surface area contributed by atoms with Crippen LogP contribution >= 0.6 is 11.8 Å². The molecule has 0 saturated carbocycles. The van der Waals surface area contributed by atoms with Crippen LogP contribution in [0.3, 0.4) is 0 Å². The number of anilines is 1. The summed E-state index contributed by atoms with van der Waals surface area (Å²) in [5, 5.41) is 11.8. The van der Waals surface area contributed by atoms with Crippen molar-refractivity contribution in [2.45, 2.75) is 68.9 Å². The van der Waals surface area contributed by atoms with E-state index < -0.39 is 15.1 Å². The molecule has 9 nitrogen and oxygen atoms in total. The first kappa shape index (κ1) is 26.0. The number of thioether (sulfide) groups is 1. The number of nitrogens with one attached hydrogen (secondary N) is 2. The molecule has 11 heteroatoms. The molecule has 0 saturated heterocycles. The number of aromatic nitrogens is 4. The van der Waals surface area contributed by atoms with Crippen LogP contribution in [-0.4, -0.2) is 57.7 Å². The Labute approximate surface area is 205 Å². The van der Waals surface area contributed by atoms with E-state index in [0.29, 0.717) is 18.2 Å². The number of amides is 1. The van der Waals surface area contributed by atoms with Crippen LogP contribution in [-0.2, 0) is 27.6 Å². The topological polar surface area (TPSA) is 119 Å². The fourth-order valence-corrected chi connectivity index (χ4v) is 4.92. The summed E-state index contributed by atoms with van der Waals surface area (Å²) in [5.41, 5.74) is 1.48. The second-order valence-electron chi connectivity index (χ2n) is 8.46. The maximum absolute atomic E-state index is 12.4. The lowest BCUT2D eigenvalue weighted by atomic mass is 10.1. The van der Waals surface area contributed by atoms with Crippen molar-refractivity contribution in [3.05, 3.63) is 36.0 Å². The summed E-state index contributed by atoms with van der Waals surface area (Å²) >= 11 is 1.57. The zero-order valence-electron chi connectivity index (χ0n) is 20.2. The van der Waals surface area contributed by atoms with Crippen molar-refractivity contribution in [2.24, 2.45) is 0 Å². The first-order valence-corrected chi connectivity index (χ1v) is 13.9. The first-order valence-electron chi connectivity index (χ1n) is 11.3. The van der Waals surface area contributed by atoms with E-state index in [1.165, 1.54) is 0 Å². The van der Waals surface area contributed by atoms with E-state index in [0.717, 1.165) is 28.2 Å². The number of benzene rings is 1. The van der Waals surface area contributed by atoms with Gasteiger partial charge in [-0.3, -0.25) is 4.79 Å². The van der Waals surface area contributed by atoms with Crippen molar-refractivity contribution in [1.29, 1.82) is 0 Å². The van der Waals surface area contributed by atoms with Gasteiger partial charge in [0, 0.05) is 12.6 Å². The summed E-state index contributed by atoms with van der Waals surface area (Å²) in [7, 11) is -3.32. The van der Waals surface area contributed by atoms with E-state index in [-0.39, 0.29) is 23.3 Å². The SMILES string of the molecule is CCSc1nc(NC(C)C)c2cnn(CCNC(=O)Cc3ccc(S(=O)(=O)C(C)C)cc3)c2n1. The van der Waals surface area contributed by atoms with Gasteiger partial charge in [0.25, 0.3) is 0 Å². The Morgan fingerprint density at radius 2 is 1.82 bits per heavy atom. The van der Waals surface area contributed by atoms with Gasteiger partial charge in [-0.15, -0.1) is 0 Å². The number of hydrogen-bond acceptors (Lipinski definition) is 8. The van der Waals surface area contributed by atoms with Gasteiger partial charge >= 0.3 is 0 Å². The third-order valence-corrected chi connectivity index (χ3v) is 7.96. The zero-order valence-corrected chi connectivity index (χ0v) is 21.8. The molecule has 0 spiro atoms. The number of carbonyl (C=O) groups is 1. The number of hydrogen-bond donors (Lipinski definition) is 2. The van der Waals surface area contributed by atoms with Gasteiger partial charge in [-0.25, -0.2) is 23.1 Å². The summed E-state index contributed by atoms with van der Waals surface area (Å²) in [6.07, 6.45) is 1.92. The van der Waals surface area contributed by atoms with Gasteiger partial charge in [-0.05, 0) is 51.1 Å². The Balaban J connectivity index is 1.63. The Bertz CT molecular complexity index is 1240. The molecule has 0 aliphatic rings. The van der Waals surface area contributed by atoms with Crippen molar-refractivity contribution < 1.29 is 13.2 Å². The third kappa shape index (κ3) is 6.26. The van der Waals surface area contributed by atoms with Gasteiger partial charge in [-0.2, -0.15) is 5.10 Å². The van der Waals surface area contributed by atoms with E-state index in [9.17, 15) is 13.2 Å². The molecule has 34 heavy (non-hydrogen) atoms. The van der Waals surface area contributed by atoms with Crippen LogP contribution in [0.2, 0.25) is 0 Å². The van der Waals surface area contributed by atoms with Gasteiger partial charge < -0.3 is 10.6 Å². The normalized spacial score (nSPS) is 12.0. The predicted molar refractivity (Wildman–Crippen MR) is 136 cm³/mol. The monoisotopic (exact) mass is 504 g/mol. The molecule has 184 valence electrons. The van der Waals surface area contributed by atoms with E-state index in [4.69, 9.17) is 0 Å². The molecule has 3 rings (SSSR count). The lowest BCUT2D eigenvalue weighted by molar-refractivity contribution is -0.120. The first-order chi connectivity index (χ1) is 16.1. The minimum Gasteiger partial charge on any atom is -0.367 e. The quantitative estimate of drug-likeness (QED) is 0.302. The summed E-state index contributed by atoms with van der Waals surface area (Å²) in [5.74, 6) is 1.48. The largest absolute Gasteiger partial charge is 0.367 e. The summed E-state index contributed by atoms with van der Waals surface area (Å²) < 4.78 is 26.3. The average molecular weight is 505 g/mol. The molecule has 0 aliphatic carbocycles. The Kier molecular flexibility index (Phi) is 8.53. The molecule has 0 radical (unpaired) electrons. The highest BCUT2D eigenvalue weighted by Gasteiger charge is 2.19. The second-order valence-corrected chi connectivity index (χ2v) is 12.2. The molecule has 0 atom stereocenters. The van der Waals surface area contributed by atoms with Gasteiger partial charge in [0.2, 0.25) is 5.91 Å². The molecule has 0 unspecified atom stereocenters. The number of nitrogens with zero attached hydrogens (tertiary/aromatic N) is 4. The molecule has 1 aromatic carbocycles. The molecular weight excluding hydrogens is 472 g/mol. The van der Waals surface area contributed by atoms with Crippen molar-refractivity contribution in [3.8, 4) is 0 Å². The van der Waals surface area contributed by atoms with Gasteiger partial charge in [0.1, 0.15) is 5.82 Å². The van der Waals surface area contributed by atoms with E-state index in [1.807, 2.05) is 0 Å². The van der Waals surface area contributed by atoms with Gasteiger partial charge in [0.15, 0.2) is 20.6 Å². The summed E-state index contributed by atoms with van der Waals surface area (Å²) in [6, 6.07) is 6.70. The molecule has 0 fully saturated rings. The van der Waals surface area contributed by atoms with Crippen LogP contribution in [0.1, 0.15) is 40.2 Å². The van der Waals surface area contributed by atoms with Gasteiger partial charge in [0.05, 0.1) is 34.7 Å². The molecule has 1 amide bonds. The third-order valence-electron chi connectivity index (χ3n) is 5.06. The molecule has 2 heterocycles. The molecule has 3 aromatic rings. The van der Waals surface area contributed by atoms with Crippen molar-refractivity contribution >= 4 is 44.4 Å². The highest BCUT2D eigenvalue weighted by molar-refractivity contribution is 7.99. The van der Waals surface area contributed by atoms with Crippen LogP contribution < -0.4 is 10.6 Å². The Hall–Kier alpha value is -2.66. The van der Waals surface area contributed by atoms with Crippen LogP contribution in [0, 0.1) is 0 Å². The number of rotatable bonds is 11. The Morgan fingerprint density at radius 1 is 1.12 bits per heavy atom. The lowest BCUT2D eigenvalue weighted by Crippen LogP contribution is -2.29. The van der Waals surface area contributed by atoms with Crippen molar-refractivity contribution in [1.82, 2.24) is 25.1 Å². The highest BCUT2D eigenvalue weighted by atomic mass is 32.2. The minimum atomic E-state index is -3.32. The smallest absolute Gasteiger partial charge is 0.224 e. The van der Waals surface area contributed by atoms with E-state index >= 15 is 0 Å². The predicted octanol–water partition coefficient (Wildman–Crippen LogP) is 3.30. The molecule has 2 aromatic heterocycles.